The van der Waals surface area contributed by atoms with E-state index in [0.29, 0.717) is 29.4 Å². The lowest BCUT2D eigenvalue weighted by atomic mass is 10.0. The summed E-state index contributed by atoms with van der Waals surface area (Å²) in [6.07, 6.45) is 2.39. The molecule has 1 saturated carbocycles. The summed E-state index contributed by atoms with van der Waals surface area (Å²) < 4.78 is 7.64. The number of amides is 1. The number of hydrogen-bond donors (Lipinski definition) is 2. The van der Waals surface area contributed by atoms with Crippen molar-refractivity contribution in [2.45, 2.75) is 58.6 Å². The number of carboxylic acids is 1. The van der Waals surface area contributed by atoms with Crippen molar-refractivity contribution in [1.29, 1.82) is 0 Å². The van der Waals surface area contributed by atoms with Gasteiger partial charge in [0.25, 0.3) is 5.91 Å². The Kier molecular flexibility index (Phi) is 7.67. The molecule has 1 aliphatic rings. The van der Waals surface area contributed by atoms with Gasteiger partial charge in [0, 0.05) is 35.2 Å². The van der Waals surface area contributed by atoms with Crippen molar-refractivity contribution < 1.29 is 19.4 Å². The number of hydrogen-bond acceptors (Lipinski definition) is 3. The molecule has 1 heterocycles. The Morgan fingerprint density at radius 3 is 2.59 bits per heavy atom. The van der Waals surface area contributed by atoms with Crippen LogP contribution in [0.2, 0.25) is 5.02 Å². The first-order valence-corrected chi connectivity index (χ1v) is 13.7. The SMILES string of the molecule is Cc1c(C)n(Cc2ccc(O[C@@H](C)C(=O)O)c(Cl)c2)c2ccc(C(=O)NCCc3cccc(C4CC4)c3)cc12. The third kappa shape index (κ3) is 5.96. The molecule has 1 atom stereocenters. The van der Waals surface area contributed by atoms with Gasteiger partial charge in [-0.15, -0.1) is 0 Å². The van der Waals surface area contributed by atoms with Crippen LogP contribution >= 0.6 is 11.6 Å². The van der Waals surface area contributed by atoms with E-state index in [4.69, 9.17) is 21.4 Å². The highest BCUT2D eigenvalue weighted by atomic mass is 35.5. The van der Waals surface area contributed by atoms with E-state index in [0.717, 1.165) is 40.1 Å². The average molecular weight is 545 g/mol. The number of carboxylic acid groups (broad SMARTS) is 1. The van der Waals surface area contributed by atoms with Crippen LogP contribution in [-0.2, 0) is 17.8 Å². The third-order valence-electron chi connectivity index (χ3n) is 7.59. The monoisotopic (exact) mass is 544 g/mol. The normalized spacial score (nSPS) is 13.8. The van der Waals surface area contributed by atoms with E-state index < -0.39 is 12.1 Å². The van der Waals surface area contributed by atoms with Crippen molar-refractivity contribution in [1.82, 2.24) is 9.88 Å². The molecule has 1 fully saturated rings. The largest absolute Gasteiger partial charge is 0.479 e. The Labute approximate surface area is 233 Å². The Morgan fingerprint density at radius 2 is 1.87 bits per heavy atom. The molecular formula is C32H33ClN2O4. The van der Waals surface area contributed by atoms with Gasteiger partial charge in [0.2, 0.25) is 0 Å². The van der Waals surface area contributed by atoms with Gasteiger partial charge in [0.15, 0.2) is 6.10 Å². The van der Waals surface area contributed by atoms with Crippen LogP contribution in [-0.4, -0.2) is 34.2 Å². The third-order valence-corrected chi connectivity index (χ3v) is 7.88. The number of ether oxygens (including phenoxy) is 1. The van der Waals surface area contributed by atoms with Crippen molar-refractivity contribution >= 4 is 34.4 Å². The number of carbonyl (C=O) groups excluding carboxylic acids is 1. The summed E-state index contributed by atoms with van der Waals surface area (Å²) in [5, 5.41) is 13.6. The van der Waals surface area contributed by atoms with E-state index in [2.05, 4.69) is 48.0 Å². The van der Waals surface area contributed by atoms with Gasteiger partial charge in [0.1, 0.15) is 5.75 Å². The van der Waals surface area contributed by atoms with Crippen molar-refractivity contribution in [2.75, 3.05) is 6.54 Å². The second kappa shape index (κ2) is 11.1. The number of aryl methyl sites for hydroxylation is 1. The molecule has 1 aliphatic carbocycles. The zero-order valence-corrected chi connectivity index (χ0v) is 23.2. The van der Waals surface area contributed by atoms with Gasteiger partial charge in [-0.05, 0) is 98.5 Å². The fourth-order valence-electron chi connectivity index (χ4n) is 5.00. The van der Waals surface area contributed by atoms with Crippen LogP contribution in [0, 0.1) is 13.8 Å². The lowest BCUT2D eigenvalue weighted by molar-refractivity contribution is -0.144. The summed E-state index contributed by atoms with van der Waals surface area (Å²) in [5.74, 6) is -0.0557. The average Bonchev–Trinajstić information content (AvgIpc) is 3.75. The van der Waals surface area contributed by atoms with Crippen LogP contribution in [0.5, 0.6) is 5.75 Å². The summed E-state index contributed by atoms with van der Waals surface area (Å²) in [5.41, 5.74) is 7.55. The van der Waals surface area contributed by atoms with Crippen LogP contribution in [0.1, 0.15) is 64.0 Å². The summed E-state index contributed by atoms with van der Waals surface area (Å²) in [7, 11) is 0. The fraction of sp³-hybridized carbons (Fsp3) is 0.312. The van der Waals surface area contributed by atoms with E-state index in [1.807, 2.05) is 24.3 Å². The smallest absolute Gasteiger partial charge is 0.344 e. The first-order valence-electron chi connectivity index (χ1n) is 13.4. The number of rotatable bonds is 10. The molecule has 202 valence electrons. The van der Waals surface area contributed by atoms with E-state index in [-0.39, 0.29) is 5.91 Å². The zero-order valence-electron chi connectivity index (χ0n) is 22.5. The van der Waals surface area contributed by atoms with Gasteiger partial charge in [-0.2, -0.15) is 0 Å². The van der Waals surface area contributed by atoms with E-state index in [1.165, 1.54) is 30.9 Å². The predicted molar refractivity (Wildman–Crippen MR) is 154 cm³/mol. The molecule has 0 saturated heterocycles. The Balaban J connectivity index is 1.28. The lowest BCUT2D eigenvalue weighted by Gasteiger charge is -2.14. The molecule has 39 heavy (non-hydrogen) atoms. The minimum absolute atomic E-state index is 0.0713. The molecule has 0 unspecified atom stereocenters. The molecule has 0 radical (unpaired) electrons. The highest BCUT2D eigenvalue weighted by molar-refractivity contribution is 6.32. The van der Waals surface area contributed by atoms with E-state index >= 15 is 0 Å². The minimum atomic E-state index is -1.05. The number of aromatic nitrogens is 1. The topological polar surface area (TPSA) is 80.6 Å². The molecule has 3 aromatic carbocycles. The van der Waals surface area contributed by atoms with Crippen LogP contribution in [0.3, 0.4) is 0 Å². The first kappa shape index (κ1) is 26.8. The summed E-state index contributed by atoms with van der Waals surface area (Å²) in [6.45, 7) is 6.77. The summed E-state index contributed by atoms with van der Waals surface area (Å²) in [4.78, 5) is 24.1. The van der Waals surface area contributed by atoms with Crippen LogP contribution < -0.4 is 10.1 Å². The maximum atomic E-state index is 13.0. The summed E-state index contributed by atoms with van der Waals surface area (Å²) in [6, 6.07) is 19.9. The van der Waals surface area contributed by atoms with Gasteiger partial charge < -0.3 is 19.7 Å². The number of carbonyl (C=O) groups is 2. The van der Waals surface area contributed by atoms with Gasteiger partial charge in [-0.25, -0.2) is 4.79 Å². The Bertz CT molecular complexity index is 1550. The summed E-state index contributed by atoms with van der Waals surface area (Å²) >= 11 is 6.40. The number of nitrogens with one attached hydrogen (secondary N) is 1. The number of benzene rings is 3. The quantitative estimate of drug-likeness (QED) is 0.234. The van der Waals surface area contributed by atoms with Gasteiger partial charge in [-0.1, -0.05) is 41.9 Å². The fourth-order valence-corrected chi connectivity index (χ4v) is 5.25. The molecule has 0 spiro atoms. The molecule has 6 nitrogen and oxygen atoms in total. The van der Waals surface area contributed by atoms with Crippen molar-refractivity contribution in [2.24, 2.45) is 0 Å². The molecule has 1 aromatic heterocycles. The molecule has 5 rings (SSSR count). The molecule has 7 heteroatoms. The first-order chi connectivity index (χ1) is 18.7. The van der Waals surface area contributed by atoms with Gasteiger partial charge in [0.05, 0.1) is 5.02 Å². The lowest BCUT2D eigenvalue weighted by Crippen LogP contribution is -2.25. The molecule has 0 aliphatic heterocycles. The van der Waals surface area contributed by atoms with Gasteiger partial charge >= 0.3 is 5.97 Å². The second-order valence-electron chi connectivity index (χ2n) is 10.4. The molecule has 0 bridgehead atoms. The van der Waals surface area contributed by atoms with Crippen molar-refractivity contribution in [3.8, 4) is 5.75 Å². The number of halogens is 1. The number of nitrogens with zero attached hydrogens (tertiary/aromatic N) is 1. The molecule has 2 N–H and O–H groups in total. The van der Waals surface area contributed by atoms with E-state index in [1.54, 1.807) is 12.1 Å². The van der Waals surface area contributed by atoms with Crippen molar-refractivity contribution in [3.63, 3.8) is 0 Å². The predicted octanol–water partition coefficient (Wildman–Crippen LogP) is 6.66. The van der Waals surface area contributed by atoms with Crippen molar-refractivity contribution in [3.05, 3.63) is 99.2 Å². The zero-order chi connectivity index (χ0) is 27.7. The molecular weight excluding hydrogens is 512 g/mol. The molecule has 1 amide bonds. The second-order valence-corrected chi connectivity index (χ2v) is 10.8. The molecule has 4 aromatic rings. The maximum Gasteiger partial charge on any atom is 0.344 e. The van der Waals surface area contributed by atoms with Crippen LogP contribution in [0.15, 0.2) is 60.7 Å². The minimum Gasteiger partial charge on any atom is -0.479 e. The van der Waals surface area contributed by atoms with Crippen LogP contribution in [0.4, 0.5) is 0 Å². The standard InChI is InChI=1S/C32H33ClN2O4/c1-19-20(2)35(18-23-7-12-30(28(33)16-23)39-21(3)32(37)38)29-11-10-26(17-27(19)29)31(36)34-14-13-22-5-4-6-25(15-22)24-8-9-24/h4-7,10-12,15-17,21,24H,8-9,13-14,18H2,1-3H3,(H,34,36)(H,37,38)/t21-/m0/s1. The highest BCUT2D eigenvalue weighted by Crippen LogP contribution is 2.40. The Morgan fingerprint density at radius 1 is 1.08 bits per heavy atom. The number of aliphatic carboxylic acids is 1. The maximum absolute atomic E-state index is 13.0. The number of fused-ring (bicyclic) bond motifs is 1. The van der Waals surface area contributed by atoms with Gasteiger partial charge in [-0.3, -0.25) is 4.79 Å². The highest BCUT2D eigenvalue weighted by Gasteiger charge is 2.23. The van der Waals surface area contributed by atoms with Crippen LogP contribution in [0.25, 0.3) is 10.9 Å². The Hall–Kier alpha value is -3.77. The van der Waals surface area contributed by atoms with E-state index in [9.17, 15) is 9.59 Å².